The molecule has 0 atom stereocenters. The molecule has 80 valence electrons. The standard InChI is InChI=1S/C10H16BrNS2/c1-12(4-2-6-13)5-3-10-7-9(11)8-14-10/h7-8,13H,2-6H2,1H3. The second kappa shape index (κ2) is 6.88. The van der Waals surface area contributed by atoms with Crippen LogP contribution in [0.25, 0.3) is 0 Å². The summed E-state index contributed by atoms with van der Waals surface area (Å²) in [6.45, 7) is 2.29. The number of likely N-dealkylation sites (N-methyl/N-ethyl adjacent to an activating group) is 1. The molecule has 0 N–H and O–H groups in total. The zero-order chi connectivity index (χ0) is 10.4. The maximum absolute atomic E-state index is 4.21. The summed E-state index contributed by atoms with van der Waals surface area (Å²) in [5.41, 5.74) is 0. The Balaban J connectivity index is 2.20. The molecular weight excluding hydrogens is 278 g/mol. The summed E-state index contributed by atoms with van der Waals surface area (Å²) in [6.07, 6.45) is 2.33. The maximum Gasteiger partial charge on any atom is 0.0285 e. The van der Waals surface area contributed by atoms with Crippen molar-refractivity contribution in [2.45, 2.75) is 12.8 Å². The van der Waals surface area contributed by atoms with Crippen LogP contribution in [-0.2, 0) is 6.42 Å². The Kier molecular flexibility index (Phi) is 6.17. The summed E-state index contributed by atoms with van der Waals surface area (Å²) in [5.74, 6) is 0.981. The van der Waals surface area contributed by atoms with Gasteiger partial charge in [-0.15, -0.1) is 11.3 Å². The van der Waals surface area contributed by atoms with Crippen LogP contribution in [0.1, 0.15) is 11.3 Å². The molecule has 0 radical (unpaired) electrons. The largest absolute Gasteiger partial charge is 0.306 e. The predicted molar refractivity (Wildman–Crippen MR) is 71.7 cm³/mol. The molecule has 0 spiro atoms. The van der Waals surface area contributed by atoms with Gasteiger partial charge in [0.15, 0.2) is 0 Å². The Hall–Kier alpha value is 0.490. The van der Waals surface area contributed by atoms with E-state index in [9.17, 15) is 0 Å². The highest BCUT2D eigenvalue weighted by atomic mass is 79.9. The molecule has 0 saturated carbocycles. The molecule has 0 unspecified atom stereocenters. The van der Waals surface area contributed by atoms with E-state index < -0.39 is 0 Å². The second-order valence-corrected chi connectivity index (χ2v) is 5.72. The van der Waals surface area contributed by atoms with Gasteiger partial charge >= 0.3 is 0 Å². The molecule has 1 nitrogen and oxygen atoms in total. The van der Waals surface area contributed by atoms with Gasteiger partial charge in [-0.05, 0) is 54.2 Å². The second-order valence-electron chi connectivity index (χ2n) is 3.36. The van der Waals surface area contributed by atoms with E-state index in [1.54, 1.807) is 0 Å². The van der Waals surface area contributed by atoms with Gasteiger partial charge < -0.3 is 4.90 Å². The van der Waals surface area contributed by atoms with Gasteiger partial charge in [0.1, 0.15) is 0 Å². The molecule has 0 aromatic carbocycles. The quantitative estimate of drug-likeness (QED) is 0.788. The van der Waals surface area contributed by atoms with E-state index in [1.807, 2.05) is 11.3 Å². The van der Waals surface area contributed by atoms with E-state index in [0.29, 0.717) is 0 Å². The highest BCUT2D eigenvalue weighted by molar-refractivity contribution is 9.10. The summed E-state index contributed by atoms with van der Waals surface area (Å²) in [5, 5.41) is 2.14. The van der Waals surface area contributed by atoms with Gasteiger partial charge in [0, 0.05) is 21.3 Å². The minimum absolute atomic E-state index is 0.981. The van der Waals surface area contributed by atoms with Gasteiger partial charge in [-0.3, -0.25) is 0 Å². The summed E-state index contributed by atoms with van der Waals surface area (Å²) >= 11 is 9.50. The van der Waals surface area contributed by atoms with Crippen molar-refractivity contribution in [3.8, 4) is 0 Å². The normalized spacial score (nSPS) is 11.1. The Labute approximate surface area is 104 Å². The first kappa shape index (κ1) is 12.6. The van der Waals surface area contributed by atoms with Crippen LogP contribution in [0, 0.1) is 0 Å². The minimum Gasteiger partial charge on any atom is -0.306 e. The number of hydrogen-bond donors (Lipinski definition) is 1. The van der Waals surface area contributed by atoms with Crippen LogP contribution in [0.15, 0.2) is 15.9 Å². The van der Waals surface area contributed by atoms with Crippen LogP contribution in [0.2, 0.25) is 0 Å². The topological polar surface area (TPSA) is 3.24 Å². The van der Waals surface area contributed by atoms with E-state index in [4.69, 9.17) is 0 Å². The monoisotopic (exact) mass is 293 g/mol. The van der Waals surface area contributed by atoms with Gasteiger partial charge in [0.2, 0.25) is 0 Å². The smallest absolute Gasteiger partial charge is 0.0285 e. The van der Waals surface area contributed by atoms with E-state index >= 15 is 0 Å². The number of thiol groups is 1. The third-order valence-electron chi connectivity index (χ3n) is 2.06. The first-order chi connectivity index (χ1) is 6.72. The van der Waals surface area contributed by atoms with Crippen molar-refractivity contribution in [2.24, 2.45) is 0 Å². The highest BCUT2D eigenvalue weighted by Gasteiger charge is 2.00. The molecule has 0 aliphatic heterocycles. The van der Waals surface area contributed by atoms with E-state index in [0.717, 1.165) is 25.3 Å². The maximum atomic E-state index is 4.21. The third-order valence-corrected chi connectivity index (χ3v) is 4.13. The molecule has 1 aromatic rings. The van der Waals surface area contributed by atoms with E-state index in [-0.39, 0.29) is 0 Å². The summed E-state index contributed by atoms with van der Waals surface area (Å²) in [6, 6.07) is 2.21. The number of thiophene rings is 1. The van der Waals surface area contributed by atoms with Crippen molar-refractivity contribution >= 4 is 39.9 Å². The Bertz CT molecular complexity index is 262. The van der Waals surface area contributed by atoms with Gasteiger partial charge in [-0.2, -0.15) is 12.6 Å². The summed E-state index contributed by atoms with van der Waals surface area (Å²) in [7, 11) is 2.17. The van der Waals surface area contributed by atoms with Crippen molar-refractivity contribution in [3.63, 3.8) is 0 Å². The van der Waals surface area contributed by atoms with Crippen molar-refractivity contribution in [1.82, 2.24) is 4.90 Å². The molecule has 4 heteroatoms. The molecule has 1 aromatic heterocycles. The molecule has 0 aliphatic carbocycles. The van der Waals surface area contributed by atoms with Crippen LogP contribution in [-0.4, -0.2) is 30.8 Å². The molecule has 1 rings (SSSR count). The van der Waals surface area contributed by atoms with Crippen molar-refractivity contribution in [1.29, 1.82) is 0 Å². The minimum atomic E-state index is 0.981. The van der Waals surface area contributed by atoms with Crippen molar-refractivity contribution < 1.29 is 0 Å². The zero-order valence-corrected chi connectivity index (χ0v) is 11.7. The summed E-state index contributed by atoms with van der Waals surface area (Å²) in [4.78, 5) is 3.82. The van der Waals surface area contributed by atoms with Gasteiger partial charge in [-0.25, -0.2) is 0 Å². The zero-order valence-electron chi connectivity index (χ0n) is 8.37. The Morgan fingerprint density at radius 1 is 1.50 bits per heavy atom. The molecule has 0 saturated heterocycles. The first-order valence-electron chi connectivity index (χ1n) is 4.74. The molecule has 14 heavy (non-hydrogen) atoms. The summed E-state index contributed by atoms with van der Waals surface area (Å²) < 4.78 is 1.20. The number of halogens is 1. The number of hydrogen-bond acceptors (Lipinski definition) is 3. The third kappa shape index (κ3) is 4.82. The number of nitrogens with zero attached hydrogens (tertiary/aromatic N) is 1. The predicted octanol–water partition coefficient (Wildman–Crippen LogP) is 3.30. The molecular formula is C10H16BrNS2. The van der Waals surface area contributed by atoms with Gasteiger partial charge in [-0.1, -0.05) is 0 Å². The van der Waals surface area contributed by atoms with Crippen molar-refractivity contribution in [3.05, 3.63) is 20.8 Å². The molecule has 0 fully saturated rings. The number of rotatable bonds is 6. The van der Waals surface area contributed by atoms with Crippen LogP contribution >= 0.6 is 39.9 Å². The average Bonchev–Trinajstić information content (AvgIpc) is 2.58. The van der Waals surface area contributed by atoms with Gasteiger partial charge in [0.05, 0.1) is 0 Å². The average molecular weight is 294 g/mol. The SMILES string of the molecule is CN(CCCS)CCc1cc(Br)cs1. The fourth-order valence-corrected chi connectivity index (χ4v) is 2.82. The first-order valence-corrected chi connectivity index (χ1v) is 7.05. The lowest BCUT2D eigenvalue weighted by Gasteiger charge is -2.14. The Morgan fingerprint density at radius 2 is 2.29 bits per heavy atom. The lowest BCUT2D eigenvalue weighted by molar-refractivity contribution is 0.341. The van der Waals surface area contributed by atoms with Crippen LogP contribution in [0.3, 0.4) is 0 Å². The van der Waals surface area contributed by atoms with E-state index in [1.165, 1.54) is 15.8 Å². The lowest BCUT2D eigenvalue weighted by Crippen LogP contribution is -2.22. The molecule has 1 heterocycles. The Morgan fingerprint density at radius 3 is 2.86 bits per heavy atom. The van der Waals surface area contributed by atoms with Crippen molar-refractivity contribution in [2.75, 3.05) is 25.9 Å². The fourth-order valence-electron chi connectivity index (χ4n) is 1.24. The van der Waals surface area contributed by atoms with Crippen LogP contribution < -0.4 is 0 Å². The van der Waals surface area contributed by atoms with Gasteiger partial charge in [0.25, 0.3) is 0 Å². The van der Waals surface area contributed by atoms with Crippen LogP contribution in [0.4, 0.5) is 0 Å². The molecule has 0 amide bonds. The lowest BCUT2D eigenvalue weighted by atomic mass is 10.3. The van der Waals surface area contributed by atoms with E-state index in [2.05, 4.69) is 52.0 Å². The van der Waals surface area contributed by atoms with Crippen LogP contribution in [0.5, 0.6) is 0 Å². The highest BCUT2D eigenvalue weighted by Crippen LogP contribution is 2.20. The molecule has 0 bridgehead atoms. The molecule has 0 aliphatic rings. The fraction of sp³-hybridized carbons (Fsp3) is 0.600.